The Hall–Kier alpha value is 0. The van der Waals surface area contributed by atoms with Gasteiger partial charge in [0.1, 0.15) is 0 Å². The van der Waals surface area contributed by atoms with Crippen LogP contribution in [0, 0.1) is 29.1 Å². The van der Waals surface area contributed by atoms with E-state index in [-0.39, 0.29) is 0 Å². The van der Waals surface area contributed by atoms with Crippen LogP contribution in [0.1, 0.15) is 162 Å². The molecule has 0 spiro atoms. The molecule has 4 bridgehead atoms. The number of hydrogen-bond acceptors (Lipinski definition) is 0. The van der Waals surface area contributed by atoms with Crippen molar-refractivity contribution < 1.29 is 0 Å². The Labute approximate surface area is 190 Å². The maximum atomic E-state index is 2.33. The van der Waals surface area contributed by atoms with Crippen LogP contribution in [-0.2, 0) is 0 Å². The van der Waals surface area contributed by atoms with Crippen molar-refractivity contribution in [3.63, 3.8) is 0 Å². The molecule has 4 rings (SSSR count). The molecule has 4 aliphatic carbocycles. The zero-order chi connectivity index (χ0) is 21.1. The lowest BCUT2D eigenvalue weighted by atomic mass is 9.43. The molecule has 0 aromatic carbocycles. The quantitative estimate of drug-likeness (QED) is 0.195. The van der Waals surface area contributed by atoms with Crippen molar-refractivity contribution in [3.05, 3.63) is 0 Å². The third-order valence-corrected chi connectivity index (χ3v) is 9.58. The Kier molecular flexibility index (Phi) is 11.1. The van der Waals surface area contributed by atoms with Gasteiger partial charge in [-0.25, -0.2) is 0 Å². The lowest BCUT2D eigenvalue weighted by Gasteiger charge is -2.62. The molecule has 0 N–H and O–H groups in total. The van der Waals surface area contributed by atoms with Gasteiger partial charge >= 0.3 is 0 Å². The van der Waals surface area contributed by atoms with E-state index in [0.29, 0.717) is 0 Å². The third kappa shape index (κ3) is 7.27. The largest absolute Gasteiger partial charge is 0.0654 e. The van der Waals surface area contributed by atoms with Crippen molar-refractivity contribution in [2.75, 3.05) is 0 Å². The van der Waals surface area contributed by atoms with Crippen molar-refractivity contribution in [2.24, 2.45) is 29.1 Å². The summed E-state index contributed by atoms with van der Waals surface area (Å²) in [4.78, 5) is 0. The highest BCUT2D eigenvalue weighted by Crippen LogP contribution is 2.65. The summed E-state index contributed by atoms with van der Waals surface area (Å²) < 4.78 is 0. The Morgan fingerprint density at radius 1 is 0.533 bits per heavy atom. The molecular weight excluding hydrogens is 360 g/mol. The van der Waals surface area contributed by atoms with Crippen LogP contribution >= 0.6 is 0 Å². The summed E-state index contributed by atoms with van der Waals surface area (Å²) in [6.45, 7) is 4.66. The van der Waals surface area contributed by atoms with Crippen LogP contribution in [0.25, 0.3) is 0 Å². The summed E-state index contributed by atoms with van der Waals surface area (Å²) in [6.07, 6.45) is 35.1. The normalized spacial score (nSPS) is 32.2. The molecule has 4 aliphatic rings. The first-order chi connectivity index (χ1) is 14.8. The SMILES string of the molecule is CCCCCCCCCCC1C2CC3CC(C2)CC1(CCCCCCCCCC)C3. The fourth-order valence-electron chi connectivity index (χ4n) is 8.35. The van der Waals surface area contributed by atoms with Gasteiger partial charge in [0.25, 0.3) is 0 Å². The molecule has 0 radical (unpaired) electrons. The topological polar surface area (TPSA) is 0 Å². The first-order valence-electron chi connectivity index (χ1n) is 14.8. The fourth-order valence-corrected chi connectivity index (χ4v) is 8.35. The second kappa shape index (κ2) is 13.5. The monoisotopic (exact) mass is 416 g/mol. The van der Waals surface area contributed by atoms with Gasteiger partial charge in [-0.2, -0.15) is 0 Å². The summed E-state index contributed by atoms with van der Waals surface area (Å²) in [5, 5.41) is 0. The zero-order valence-corrected chi connectivity index (χ0v) is 21.1. The van der Waals surface area contributed by atoms with Gasteiger partial charge < -0.3 is 0 Å². The van der Waals surface area contributed by atoms with E-state index < -0.39 is 0 Å². The van der Waals surface area contributed by atoms with Crippen molar-refractivity contribution >= 4 is 0 Å². The van der Waals surface area contributed by atoms with E-state index in [0.717, 1.165) is 29.1 Å². The van der Waals surface area contributed by atoms with Gasteiger partial charge in [0, 0.05) is 0 Å². The maximum Gasteiger partial charge on any atom is -0.0261 e. The predicted octanol–water partition coefficient (Wildman–Crippen LogP) is 10.5. The van der Waals surface area contributed by atoms with Crippen LogP contribution in [0.4, 0.5) is 0 Å². The number of rotatable bonds is 18. The van der Waals surface area contributed by atoms with Gasteiger partial charge in [0.15, 0.2) is 0 Å². The molecular formula is C30H56. The van der Waals surface area contributed by atoms with Gasteiger partial charge in [0.05, 0.1) is 0 Å². The second-order valence-corrected chi connectivity index (χ2v) is 12.1. The van der Waals surface area contributed by atoms with Gasteiger partial charge in [-0.1, -0.05) is 117 Å². The first kappa shape index (κ1) is 24.6. The Balaban J connectivity index is 1.37. The predicted molar refractivity (Wildman–Crippen MR) is 134 cm³/mol. The highest BCUT2D eigenvalue weighted by atomic mass is 14.6. The van der Waals surface area contributed by atoms with Crippen LogP contribution < -0.4 is 0 Å². The van der Waals surface area contributed by atoms with Crippen LogP contribution in [0.2, 0.25) is 0 Å². The summed E-state index contributed by atoms with van der Waals surface area (Å²) >= 11 is 0. The summed E-state index contributed by atoms with van der Waals surface area (Å²) in [7, 11) is 0. The minimum Gasteiger partial charge on any atom is -0.0654 e. The Morgan fingerprint density at radius 2 is 1.00 bits per heavy atom. The van der Waals surface area contributed by atoms with Gasteiger partial charge in [-0.3, -0.25) is 0 Å². The molecule has 176 valence electrons. The van der Waals surface area contributed by atoms with E-state index >= 15 is 0 Å². The van der Waals surface area contributed by atoms with Gasteiger partial charge in [-0.15, -0.1) is 0 Å². The lowest BCUT2D eigenvalue weighted by Crippen LogP contribution is -2.52. The van der Waals surface area contributed by atoms with Crippen LogP contribution in [0.3, 0.4) is 0 Å². The van der Waals surface area contributed by atoms with Gasteiger partial charge in [-0.05, 0) is 74.0 Å². The minimum absolute atomic E-state index is 0.804. The van der Waals surface area contributed by atoms with E-state index in [1.165, 1.54) is 89.9 Å². The van der Waals surface area contributed by atoms with Gasteiger partial charge in [0.2, 0.25) is 0 Å². The highest BCUT2D eigenvalue weighted by molar-refractivity contribution is 5.05. The molecule has 0 heteroatoms. The van der Waals surface area contributed by atoms with Crippen molar-refractivity contribution in [3.8, 4) is 0 Å². The van der Waals surface area contributed by atoms with Crippen LogP contribution in [0.5, 0.6) is 0 Å². The average Bonchev–Trinajstić information content (AvgIpc) is 2.73. The molecule has 0 amide bonds. The average molecular weight is 417 g/mol. The van der Waals surface area contributed by atoms with Crippen molar-refractivity contribution in [1.82, 2.24) is 0 Å². The first-order valence-corrected chi connectivity index (χ1v) is 14.8. The molecule has 0 nitrogen and oxygen atoms in total. The van der Waals surface area contributed by atoms with Crippen LogP contribution in [0.15, 0.2) is 0 Å². The standard InChI is InChI=1S/C30H56/c1-3-5-7-9-11-13-15-17-19-29-28-22-26-21-27(23-28)25-30(29,24-26)20-18-16-14-12-10-8-6-4-2/h26-29H,3-25H2,1-2H3. The number of unbranched alkanes of at least 4 members (excludes halogenated alkanes) is 14. The van der Waals surface area contributed by atoms with E-state index in [4.69, 9.17) is 0 Å². The summed E-state index contributed by atoms with van der Waals surface area (Å²) in [6, 6.07) is 0. The fraction of sp³-hybridized carbons (Fsp3) is 1.00. The lowest BCUT2D eigenvalue weighted by molar-refractivity contribution is -0.118. The van der Waals surface area contributed by atoms with Crippen molar-refractivity contribution in [1.29, 1.82) is 0 Å². The molecule has 0 aromatic rings. The van der Waals surface area contributed by atoms with Crippen molar-refractivity contribution in [2.45, 2.75) is 162 Å². The Morgan fingerprint density at radius 3 is 1.53 bits per heavy atom. The second-order valence-electron chi connectivity index (χ2n) is 12.1. The van der Waals surface area contributed by atoms with E-state index in [9.17, 15) is 0 Å². The van der Waals surface area contributed by atoms with E-state index in [1.807, 2.05) is 0 Å². The number of hydrogen-bond donors (Lipinski definition) is 0. The zero-order valence-electron chi connectivity index (χ0n) is 21.1. The van der Waals surface area contributed by atoms with E-state index in [1.54, 1.807) is 57.8 Å². The van der Waals surface area contributed by atoms with Crippen LogP contribution in [-0.4, -0.2) is 0 Å². The molecule has 3 unspecified atom stereocenters. The molecule has 4 fully saturated rings. The maximum absolute atomic E-state index is 2.33. The highest BCUT2D eigenvalue weighted by Gasteiger charge is 2.55. The Bertz CT molecular complexity index is 423. The molecule has 0 aromatic heterocycles. The molecule has 30 heavy (non-hydrogen) atoms. The molecule has 3 atom stereocenters. The van der Waals surface area contributed by atoms with E-state index in [2.05, 4.69) is 13.8 Å². The minimum atomic E-state index is 0.804. The smallest absolute Gasteiger partial charge is 0.0261 e. The molecule has 0 aliphatic heterocycles. The summed E-state index contributed by atoms with van der Waals surface area (Å²) in [5.41, 5.74) is 0.804. The molecule has 0 saturated heterocycles. The third-order valence-electron chi connectivity index (χ3n) is 9.58. The molecule has 4 saturated carbocycles. The summed E-state index contributed by atoms with van der Waals surface area (Å²) in [5.74, 6) is 4.52. The molecule has 0 heterocycles.